The number of fused-ring (bicyclic) bond motifs is 1. The van der Waals surface area contributed by atoms with Crippen LogP contribution in [0.15, 0.2) is 24.3 Å². The zero-order valence-corrected chi connectivity index (χ0v) is 13.4. The second-order valence-corrected chi connectivity index (χ2v) is 6.23. The highest BCUT2D eigenvalue weighted by Crippen LogP contribution is 2.21. The number of carbonyl (C=O) groups is 1. The van der Waals surface area contributed by atoms with Crippen LogP contribution in [0.5, 0.6) is 0 Å². The molecule has 2 aromatic rings. The molecule has 0 spiro atoms. The van der Waals surface area contributed by atoms with E-state index in [0.717, 1.165) is 36.3 Å². The first-order chi connectivity index (χ1) is 9.83. The van der Waals surface area contributed by atoms with Gasteiger partial charge in [-0.3, -0.25) is 4.79 Å². The van der Waals surface area contributed by atoms with Crippen molar-refractivity contribution in [1.29, 1.82) is 0 Å². The van der Waals surface area contributed by atoms with Crippen LogP contribution in [-0.4, -0.2) is 30.0 Å². The van der Waals surface area contributed by atoms with Gasteiger partial charge in [0.05, 0.1) is 21.3 Å². The van der Waals surface area contributed by atoms with Crippen molar-refractivity contribution in [3.8, 4) is 0 Å². The number of carbonyl (C=O) groups excluding carboxylic acids is 1. The van der Waals surface area contributed by atoms with Crippen LogP contribution in [0.3, 0.4) is 0 Å². The van der Waals surface area contributed by atoms with E-state index in [1.54, 1.807) is 11.3 Å². The van der Waals surface area contributed by atoms with Gasteiger partial charge in [0.25, 0.3) is 0 Å². The van der Waals surface area contributed by atoms with Crippen molar-refractivity contribution in [1.82, 2.24) is 15.6 Å². The summed E-state index contributed by atoms with van der Waals surface area (Å²) in [6, 6.07) is 8.14. The minimum absolute atomic E-state index is 0. The first-order valence-electron chi connectivity index (χ1n) is 7.18. The monoisotopic (exact) mass is 325 g/mol. The third-order valence-corrected chi connectivity index (χ3v) is 4.70. The van der Waals surface area contributed by atoms with Crippen LogP contribution < -0.4 is 10.6 Å². The van der Waals surface area contributed by atoms with Crippen molar-refractivity contribution >= 4 is 39.9 Å². The fourth-order valence-electron chi connectivity index (χ4n) is 2.52. The Morgan fingerprint density at radius 1 is 1.38 bits per heavy atom. The number of thiazole rings is 1. The van der Waals surface area contributed by atoms with Gasteiger partial charge in [-0.05, 0) is 31.5 Å². The summed E-state index contributed by atoms with van der Waals surface area (Å²) >= 11 is 1.71. The van der Waals surface area contributed by atoms with Crippen molar-refractivity contribution in [2.24, 2.45) is 0 Å². The average Bonchev–Trinajstić information content (AvgIpc) is 2.90. The molecule has 21 heavy (non-hydrogen) atoms. The number of para-hydroxylation sites is 1. The molecule has 1 atom stereocenters. The smallest absolute Gasteiger partial charge is 0.237 e. The van der Waals surface area contributed by atoms with Crippen molar-refractivity contribution in [2.45, 2.75) is 31.7 Å². The van der Waals surface area contributed by atoms with Crippen LogP contribution in [0, 0.1) is 0 Å². The highest BCUT2D eigenvalue weighted by Gasteiger charge is 2.19. The number of benzene rings is 1. The fraction of sp³-hybridized carbons (Fsp3) is 0.467. The first-order valence-corrected chi connectivity index (χ1v) is 8.00. The zero-order chi connectivity index (χ0) is 13.8. The molecule has 0 aliphatic carbocycles. The van der Waals surface area contributed by atoms with E-state index in [4.69, 9.17) is 0 Å². The van der Waals surface area contributed by atoms with E-state index in [1.165, 1.54) is 11.1 Å². The number of rotatable bonds is 4. The SMILES string of the molecule is Cl.O=C(NCCc1nc2ccccc2s1)[C@@H]1CCCCN1. The maximum atomic E-state index is 12.0. The van der Waals surface area contributed by atoms with Crippen molar-refractivity contribution in [2.75, 3.05) is 13.1 Å². The molecular formula is C15H20ClN3OS. The maximum Gasteiger partial charge on any atom is 0.237 e. The van der Waals surface area contributed by atoms with E-state index in [-0.39, 0.29) is 24.4 Å². The third-order valence-electron chi connectivity index (χ3n) is 3.60. The summed E-state index contributed by atoms with van der Waals surface area (Å²) in [5.74, 6) is 0.130. The Kier molecular flexibility index (Phi) is 5.96. The van der Waals surface area contributed by atoms with Gasteiger partial charge in [-0.1, -0.05) is 18.6 Å². The number of piperidine rings is 1. The number of amides is 1. The lowest BCUT2D eigenvalue weighted by Crippen LogP contribution is -2.47. The van der Waals surface area contributed by atoms with Gasteiger partial charge in [0, 0.05) is 13.0 Å². The molecule has 0 bridgehead atoms. The molecular weight excluding hydrogens is 306 g/mol. The lowest BCUT2D eigenvalue weighted by molar-refractivity contribution is -0.123. The zero-order valence-electron chi connectivity index (χ0n) is 11.8. The number of nitrogens with zero attached hydrogens (tertiary/aromatic N) is 1. The topological polar surface area (TPSA) is 54.0 Å². The second kappa shape index (κ2) is 7.73. The quantitative estimate of drug-likeness (QED) is 0.908. The molecule has 114 valence electrons. The predicted molar refractivity (Wildman–Crippen MR) is 89.2 cm³/mol. The van der Waals surface area contributed by atoms with Gasteiger partial charge in [0.2, 0.25) is 5.91 Å². The van der Waals surface area contributed by atoms with E-state index in [1.807, 2.05) is 18.2 Å². The minimum Gasteiger partial charge on any atom is -0.354 e. The van der Waals surface area contributed by atoms with E-state index in [0.29, 0.717) is 6.54 Å². The molecule has 2 heterocycles. The highest BCUT2D eigenvalue weighted by molar-refractivity contribution is 7.18. The molecule has 0 unspecified atom stereocenters. The van der Waals surface area contributed by atoms with Crippen molar-refractivity contribution in [3.05, 3.63) is 29.3 Å². The average molecular weight is 326 g/mol. The van der Waals surface area contributed by atoms with Crippen LogP contribution >= 0.6 is 23.7 Å². The summed E-state index contributed by atoms with van der Waals surface area (Å²) < 4.78 is 1.21. The van der Waals surface area contributed by atoms with Crippen LogP contribution in [0.2, 0.25) is 0 Å². The number of nitrogens with one attached hydrogen (secondary N) is 2. The molecule has 1 fully saturated rings. The molecule has 1 aromatic carbocycles. The molecule has 4 nitrogen and oxygen atoms in total. The summed E-state index contributed by atoms with van der Waals surface area (Å²) in [5, 5.41) is 7.36. The second-order valence-electron chi connectivity index (χ2n) is 5.12. The molecule has 2 N–H and O–H groups in total. The van der Waals surface area contributed by atoms with Gasteiger partial charge in [0.1, 0.15) is 0 Å². The molecule has 1 amide bonds. The molecule has 1 aliphatic heterocycles. The Morgan fingerprint density at radius 2 is 2.24 bits per heavy atom. The summed E-state index contributed by atoms with van der Waals surface area (Å²) in [6.45, 7) is 1.62. The standard InChI is InChI=1S/C15H19N3OS.ClH/c19-15(12-6-3-4-9-16-12)17-10-8-14-18-11-5-1-2-7-13(11)20-14;/h1-2,5,7,12,16H,3-4,6,8-10H2,(H,17,19);1H/t12-;/m0./s1. The van der Waals surface area contributed by atoms with Gasteiger partial charge in [-0.15, -0.1) is 23.7 Å². The Labute approximate surface area is 134 Å². The third kappa shape index (κ3) is 4.15. The Morgan fingerprint density at radius 3 is 3.00 bits per heavy atom. The minimum atomic E-state index is -0.000817. The predicted octanol–water partition coefficient (Wildman–Crippen LogP) is 2.52. The normalized spacial score (nSPS) is 18.2. The van der Waals surface area contributed by atoms with Crippen LogP contribution in [0.4, 0.5) is 0 Å². The lowest BCUT2D eigenvalue weighted by atomic mass is 10.0. The van der Waals surface area contributed by atoms with Crippen LogP contribution in [0.25, 0.3) is 10.2 Å². The fourth-order valence-corrected chi connectivity index (χ4v) is 3.49. The maximum absolute atomic E-state index is 12.0. The molecule has 1 aromatic heterocycles. The van der Waals surface area contributed by atoms with Gasteiger partial charge in [-0.2, -0.15) is 0 Å². The lowest BCUT2D eigenvalue weighted by Gasteiger charge is -2.22. The molecule has 3 rings (SSSR count). The number of aromatic nitrogens is 1. The Hall–Kier alpha value is -1.17. The van der Waals surface area contributed by atoms with Crippen molar-refractivity contribution < 1.29 is 4.79 Å². The number of hydrogen-bond acceptors (Lipinski definition) is 4. The van der Waals surface area contributed by atoms with Crippen LogP contribution in [-0.2, 0) is 11.2 Å². The summed E-state index contributed by atoms with van der Waals surface area (Å²) in [4.78, 5) is 16.5. The van der Waals surface area contributed by atoms with Gasteiger partial charge < -0.3 is 10.6 Å². The molecule has 6 heteroatoms. The highest BCUT2D eigenvalue weighted by atomic mass is 35.5. The van der Waals surface area contributed by atoms with Crippen LogP contribution in [0.1, 0.15) is 24.3 Å². The van der Waals surface area contributed by atoms with E-state index in [2.05, 4.69) is 21.7 Å². The Balaban J connectivity index is 0.00000161. The molecule has 1 saturated heterocycles. The molecule has 1 aliphatic rings. The molecule has 0 radical (unpaired) electrons. The summed E-state index contributed by atoms with van der Waals surface area (Å²) in [7, 11) is 0. The Bertz CT molecular complexity index is 562. The summed E-state index contributed by atoms with van der Waals surface area (Å²) in [5.41, 5.74) is 1.05. The first kappa shape index (κ1) is 16.2. The number of halogens is 1. The van der Waals surface area contributed by atoms with E-state index < -0.39 is 0 Å². The largest absolute Gasteiger partial charge is 0.354 e. The van der Waals surface area contributed by atoms with Crippen molar-refractivity contribution in [3.63, 3.8) is 0 Å². The summed E-state index contributed by atoms with van der Waals surface area (Å²) in [6.07, 6.45) is 4.07. The van der Waals surface area contributed by atoms with Gasteiger partial charge >= 0.3 is 0 Å². The van der Waals surface area contributed by atoms with Gasteiger partial charge in [-0.25, -0.2) is 4.98 Å². The number of hydrogen-bond donors (Lipinski definition) is 2. The van der Waals surface area contributed by atoms with E-state index >= 15 is 0 Å². The van der Waals surface area contributed by atoms with E-state index in [9.17, 15) is 4.79 Å². The van der Waals surface area contributed by atoms with Gasteiger partial charge in [0.15, 0.2) is 0 Å². The molecule has 0 saturated carbocycles.